The molecule has 0 fully saturated rings. The Hall–Kier alpha value is -0.540. The highest BCUT2D eigenvalue weighted by Crippen LogP contribution is 2.44. The van der Waals surface area contributed by atoms with Gasteiger partial charge in [-0.2, -0.15) is 0 Å². The molecule has 0 saturated carbocycles. The van der Waals surface area contributed by atoms with Crippen molar-refractivity contribution in [3.63, 3.8) is 0 Å². The lowest BCUT2D eigenvalue weighted by atomic mass is 9.91. The van der Waals surface area contributed by atoms with Gasteiger partial charge >= 0.3 is 0 Å². The van der Waals surface area contributed by atoms with Crippen LogP contribution in [0.3, 0.4) is 0 Å². The molecule has 0 N–H and O–H groups in total. The van der Waals surface area contributed by atoms with Crippen LogP contribution in [-0.2, 0) is 6.42 Å². The van der Waals surface area contributed by atoms with E-state index in [2.05, 4.69) is 36.2 Å². The average molecular weight is 312 g/mol. The Morgan fingerprint density at radius 3 is 2.63 bits per heavy atom. The van der Waals surface area contributed by atoms with Gasteiger partial charge in [-0.15, -0.1) is 11.3 Å². The van der Waals surface area contributed by atoms with Gasteiger partial charge in [-0.25, -0.2) is 0 Å². The predicted molar refractivity (Wildman–Crippen MR) is 83.8 cm³/mol. The topological polar surface area (TPSA) is 3.24 Å². The fourth-order valence-corrected chi connectivity index (χ4v) is 4.65. The molecule has 100 valence electrons. The minimum Gasteiger partial charge on any atom is -0.305 e. The van der Waals surface area contributed by atoms with Gasteiger partial charge in [-0.3, -0.25) is 0 Å². The summed E-state index contributed by atoms with van der Waals surface area (Å²) in [6, 6.07) is 10.6. The van der Waals surface area contributed by atoms with E-state index in [-0.39, 0.29) is 0 Å². The molecule has 1 unspecified atom stereocenters. The first kappa shape index (κ1) is 13.4. The smallest absolute Gasteiger partial charge is 0.0985 e. The number of likely N-dealkylation sites (N-methyl/N-ethyl adjacent to an activating group) is 1. The second-order valence-corrected chi connectivity index (χ2v) is 7.24. The van der Waals surface area contributed by atoms with Gasteiger partial charge in [0, 0.05) is 19.0 Å². The number of halogens is 2. The lowest BCUT2D eigenvalue weighted by molar-refractivity contribution is 0.338. The molecule has 2 aromatic rings. The number of thiophene rings is 1. The third-order valence-corrected chi connectivity index (χ3v) is 5.46. The Morgan fingerprint density at radius 2 is 1.89 bits per heavy atom. The van der Waals surface area contributed by atoms with Crippen LogP contribution in [-0.4, -0.2) is 25.0 Å². The second-order valence-electron chi connectivity index (χ2n) is 5.02. The van der Waals surface area contributed by atoms with E-state index in [1.807, 2.05) is 6.07 Å². The number of rotatable bonds is 1. The van der Waals surface area contributed by atoms with E-state index in [9.17, 15) is 0 Å². The monoisotopic (exact) mass is 311 g/mol. The fourth-order valence-electron chi connectivity index (χ4n) is 2.75. The Morgan fingerprint density at radius 1 is 1.16 bits per heavy atom. The molecular weight excluding hydrogens is 297 g/mol. The van der Waals surface area contributed by atoms with E-state index in [0.29, 0.717) is 5.92 Å². The molecule has 1 aliphatic heterocycles. The minimum atomic E-state index is 0.319. The molecule has 19 heavy (non-hydrogen) atoms. The third-order valence-electron chi connectivity index (χ3n) is 3.74. The quantitative estimate of drug-likeness (QED) is 0.739. The molecule has 1 aliphatic rings. The molecule has 4 heteroatoms. The van der Waals surface area contributed by atoms with Crippen LogP contribution in [0, 0.1) is 0 Å². The summed E-state index contributed by atoms with van der Waals surface area (Å²) in [4.78, 5) is 2.36. The largest absolute Gasteiger partial charge is 0.305 e. The zero-order chi connectivity index (χ0) is 13.4. The van der Waals surface area contributed by atoms with Crippen LogP contribution in [0.25, 0.3) is 0 Å². The van der Waals surface area contributed by atoms with Crippen LogP contribution in [0.1, 0.15) is 22.6 Å². The first-order valence-corrected chi connectivity index (χ1v) is 7.94. The highest BCUT2D eigenvalue weighted by atomic mass is 35.5. The van der Waals surface area contributed by atoms with Gasteiger partial charge in [0.25, 0.3) is 0 Å². The first-order chi connectivity index (χ1) is 9.16. The van der Waals surface area contributed by atoms with Crippen molar-refractivity contribution in [1.29, 1.82) is 0 Å². The SMILES string of the molecule is CN1CCc2c(Cl)sc(Cl)c2C(c2ccccc2)C1. The van der Waals surface area contributed by atoms with Crippen LogP contribution >= 0.6 is 34.5 Å². The van der Waals surface area contributed by atoms with E-state index in [1.165, 1.54) is 28.0 Å². The van der Waals surface area contributed by atoms with Crippen LogP contribution in [0.2, 0.25) is 8.67 Å². The van der Waals surface area contributed by atoms with Gasteiger partial charge in [0.1, 0.15) is 0 Å². The zero-order valence-electron chi connectivity index (χ0n) is 10.7. The summed E-state index contributed by atoms with van der Waals surface area (Å²) >= 11 is 14.3. The highest BCUT2D eigenvalue weighted by Gasteiger charge is 2.28. The molecule has 0 spiro atoms. The van der Waals surface area contributed by atoms with Gasteiger partial charge < -0.3 is 4.90 Å². The molecule has 0 bridgehead atoms. The summed E-state index contributed by atoms with van der Waals surface area (Å²) in [6.07, 6.45) is 0.983. The third kappa shape index (κ3) is 2.55. The van der Waals surface area contributed by atoms with Gasteiger partial charge in [0.05, 0.1) is 8.67 Å². The van der Waals surface area contributed by atoms with Crippen molar-refractivity contribution < 1.29 is 0 Å². The zero-order valence-corrected chi connectivity index (χ0v) is 13.0. The molecular formula is C15H15Cl2NS. The lowest BCUT2D eigenvalue weighted by Gasteiger charge is -2.21. The van der Waals surface area contributed by atoms with Gasteiger partial charge in [-0.1, -0.05) is 53.5 Å². The Balaban J connectivity index is 2.13. The van der Waals surface area contributed by atoms with Crippen LogP contribution in [0.15, 0.2) is 30.3 Å². The Kier molecular flexibility index (Phi) is 3.86. The van der Waals surface area contributed by atoms with Crippen molar-refractivity contribution in [1.82, 2.24) is 4.90 Å². The summed E-state index contributed by atoms with van der Waals surface area (Å²) in [7, 11) is 2.16. The standard InChI is InChI=1S/C15H15Cl2NS/c1-18-8-7-11-13(15(17)19-14(11)16)12(9-18)10-5-3-2-4-6-10/h2-6,12H,7-9H2,1H3. The van der Waals surface area contributed by atoms with E-state index in [1.54, 1.807) is 0 Å². The van der Waals surface area contributed by atoms with Crippen molar-refractivity contribution in [3.05, 3.63) is 55.7 Å². The molecule has 1 aromatic carbocycles. The van der Waals surface area contributed by atoms with E-state index in [0.717, 1.165) is 28.2 Å². The first-order valence-electron chi connectivity index (χ1n) is 6.37. The Bertz CT molecular complexity index is 579. The number of hydrogen-bond donors (Lipinski definition) is 0. The maximum absolute atomic E-state index is 6.44. The van der Waals surface area contributed by atoms with Crippen molar-refractivity contribution in [3.8, 4) is 0 Å². The van der Waals surface area contributed by atoms with Gasteiger partial charge in [0.2, 0.25) is 0 Å². The van der Waals surface area contributed by atoms with E-state index < -0.39 is 0 Å². The molecule has 2 heterocycles. The highest BCUT2D eigenvalue weighted by molar-refractivity contribution is 7.20. The van der Waals surface area contributed by atoms with Crippen LogP contribution < -0.4 is 0 Å². The molecule has 1 atom stereocenters. The number of fused-ring (bicyclic) bond motifs is 1. The van der Waals surface area contributed by atoms with Gasteiger partial charge in [0.15, 0.2) is 0 Å². The molecule has 0 aliphatic carbocycles. The summed E-state index contributed by atoms with van der Waals surface area (Å²) in [5.41, 5.74) is 3.80. The van der Waals surface area contributed by atoms with E-state index in [4.69, 9.17) is 23.2 Å². The maximum atomic E-state index is 6.44. The Labute approximate surface area is 127 Å². The van der Waals surface area contributed by atoms with Gasteiger partial charge in [-0.05, 0) is 30.2 Å². The van der Waals surface area contributed by atoms with Crippen molar-refractivity contribution in [2.75, 3.05) is 20.1 Å². The maximum Gasteiger partial charge on any atom is 0.0985 e. The number of benzene rings is 1. The van der Waals surface area contributed by atoms with Crippen molar-refractivity contribution in [2.45, 2.75) is 12.3 Å². The summed E-state index contributed by atoms with van der Waals surface area (Å²) in [5, 5.41) is 0. The molecule has 1 aromatic heterocycles. The summed E-state index contributed by atoms with van der Waals surface area (Å²) < 4.78 is 1.71. The summed E-state index contributed by atoms with van der Waals surface area (Å²) in [5.74, 6) is 0.319. The second kappa shape index (κ2) is 5.45. The van der Waals surface area contributed by atoms with Crippen LogP contribution in [0.5, 0.6) is 0 Å². The minimum absolute atomic E-state index is 0.319. The fraction of sp³-hybridized carbons (Fsp3) is 0.333. The normalized spacial score (nSPS) is 20.1. The summed E-state index contributed by atoms with van der Waals surface area (Å²) in [6.45, 7) is 2.02. The molecule has 0 saturated heterocycles. The van der Waals surface area contributed by atoms with E-state index >= 15 is 0 Å². The number of hydrogen-bond acceptors (Lipinski definition) is 2. The molecule has 3 rings (SSSR count). The predicted octanol–water partition coefficient (Wildman–Crippen LogP) is 4.67. The lowest BCUT2D eigenvalue weighted by Crippen LogP contribution is -2.24. The van der Waals surface area contributed by atoms with Crippen molar-refractivity contribution >= 4 is 34.5 Å². The van der Waals surface area contributed by atoms with Crippen molar-refractivity contribution in [2.24, 2.45) is 0 Å². The molecule has 1 nitrogen and oxygen atoms in total. The molecule has 0 amide bonds. The number of nitrogens with zero attached hydrogens (tertiary/aromatic N) is 1. The average Bonchev–Trinajstić information content (AvgIpc) is 2.59. The van der Waals surface area contributed by atoms with Crippen LogP contribution in [0.4, 0.5) is 0 Å². The molecule has 0 radical (unpaired) electrons.